The fraction of sp³-hybridized carbons (Fsp3) is 0.824. The van der Waals surface area contributed by atoms with Crippen LogP contribution >= 0.6 is 7.82 Å². The lowest BCUT2D eigenvalue weighted by atomic mass is 10.1. The topological polar surface area (TPSA) is 108 Å². The van der Waals surface area contributed by atoms with Crippen LogP contribution in [0.4, 0.5) is 0 Å². The average molecular weight is 631 g/mol. The van der Waals surface area contributed by atoms with E-state index >= 15 is 0 Å². The standard InChI is InChI=1S/C34H63O8P/c1-4-6-8-10-12-14-16-17-18-19-21-23-25-27-29-34(36)42-32(31-41-43(37,38)39-3)30-40-33(35)28-26-24-22-20-15-13-11-9-7-5-2/h9,11,16-17,32H,4-8,10,12-15,18-31H2,1-3H3,(H,37,38)/b11-9-,17-16-. The highest BCUT2D eigenvalue weighted by atomic mass is 31.2. The minimum atomic E-state index is -4.25. The predicted molar refractivity (Wildman–Crippen MR) is 175 cm³/mol. The Morgan fingerprint density at radius 2 is 1.09 bits per heavy atom. The Balaban J connectivity index is 4.13. The Kier molecular flexibility index (Phi) is 29.5. The maximum absolute atomic E-state index is 12.4. The molecule has 1 N–H and O–H groups in total. The molecule has 0 aliphatic heterocycles. The molecule has 0 heterocycles. The lowest BCUT2D eigenvalue weighted by Crippen LogP contribution is -2.29. The summed E-state index contributed by atoms with van der Waals surface area (Å²) in [5.41, 5.74) is 0. The van der Waals surface area contributed by atoms with Crippen molar-refractivity contribution in [3.05, 3.63) is 24.3 Å². The summed E-state index contributed by atoms with van der Waals surface area (Å²) >= 11 is 0. The zero-order chi connectivity index (χ0) is 31.9. The SMILES string of the molecule is CCC/C=C\CCCCCCCC(=O)OCC(COP(=O)(O)OC)OC(=O)CCCCCCC/C=C\CCCCCCC. The molecule has 252 valence electrons. The zero-order valence-electron chi connectivity index (χ0n) is 27.6. The van der Waals surface area contributed by atoms with E-state index in [1.54, 1.807) is 0 Å². The van der Waals surface area contributed by atoms with E-state index in [2.05, 4.69) is 42.7 Å². The van der Waals surface area contributed by atoms with Crippen molar-refractivity contribution in [2.45, 2.75) is 161 Å². The smallest absolute Gasteiger partial charge is 0.462 e. The molecule has 8 nitrogen and oxygen atoms in total. The first-order valence-electron chi connectivity index (χ1n) is 17.0. The Morgan fingerprint density at radius 3 is 1.60 bits per heavy atom. The van der Waals surface area contributed by atoms with Gasteiger partial charge in [0.05, 0.1) is 6.61 Å². The molecule has 0 aliphatic carbocycles. The number of phosphoric ester groups is 1. The highest BCUT2D eigenvalue weighted by Gasteiger charge is 2.24. The summed E-state index contributed by atoms with van der Waals surface area (Å²) in [6.45, 7) is 3.77. The first kappa shape index (κ1) is 41.5. The van der Waals surface area contributed by atoms with Gasteiger partial charge in [-0.15, -0.1) is 0 Å². The number of carbonyl (C=O) groups excluding carboxylic acids is 2. The number of rotatable bonds is 31. The van der Waals surface area contributed by atoms with Crippen LogP contribution in [0.3, 0.4) is 0 Å². The number of ether oxygens (including phenoxy) is 2. The molecule has 0 saturated heterocycles. The van der Waals surface area contributed by atoms with Crippen LogP contribution in [0, 0.1) is 0 Å². The van der Waals surface area contributed by atoms with E-state index in [0.717, 1.165) is 84.2 Å². The average Bonchev–Trinajstić information content (AvgIpc) is 2.99. The molecule has 2 atom stereocenters. The van der Waals surface area contributed by atoms with Crippen molar-refractivity contribution < 1.29 is 37.6 Å². The van der Waals surface area contributed by atoms with E-state index in [1.165, 1.54) is 44.9 Å². The van der Waals surface area contributed by atoms with Gasteiger partial charge in [0, 0.05) is 20.0 Å². The van der Waals surface area contributed by atoms with Crippen LogP contribution in [0.5, 0.6) is 0 Å². The second kappa shape index (κ2) is 30.6. The Bertz CT molecular complexity index is 767. The number of hydrogen-bond acceptors (Lipinski definition) is 7. The second-order valence-electron chi connectivity index (χ2n) is 11.3. The summed E-state index contributed by atoms with van der Waals surface area (Å²) in [7, 11) is -3.20. The third-order valence-electron chi connectivity index (χ3n) is 7.15. The van der Waals surface area contributed by atoms with Gasteiger partial charge in [-0.1, -0.05) is 109 Å². The molecule has 0 fully saturated rings. The molecule has 0 saturated carbocycles. The molecule has 0 rings (SSSR count). The van der Waals surface area contributed by atoms with E-state index in [9.17, 15) is 19.0 Å². The van der Waals surface area contributed by atoms with Gasteiger partial charge in [-0.3, -0.25) is 18.6 Å². The van der Waals surface area contributed by atoms with E-state index in [-0.39, 0.29) is 25.4 Å². The van der Waals surface area contributed by atoms with Crippen molar-refractivity contribution in [2.24, 2.45) is 0 Å². The van der Waals surface area contributed by atoms with Gasteiger partial charge in [-0.25, -0.2) is 4.57 Å². The monoisotopic (exact) mass is 630 g/mol. The summed E-state index contributed by atoms with van der Waals surface area (Å²) in [6.07, 6.45) is 30.9. The fourth-order valence-corrected chi connectivity index (χ4v) is 4.94. The van der Waals surface area contributed by atoms with Crippen LogP contribution in [0.2, 0.25) is 0 Å². The summed E-state index contributed by atoms with van der Waals surface area (Å²) in [5, 5.41) is 0. The summed E-state index contributed by atoms with van der Waals surface area (Å²) in [4.78, 5) is 34.1. The van der Waals surface area contributed by atoms with Crippen molar-refractivity contribution in [3.8, 4) is 0 Å². The zero-order valence-corrected chi connectivity index (χ0v) is 28.5. The Hall–Kier alpha value is -1.47. The second-order valence-corrected chi connectivity index (χ2v) is 12.8. The predicted octanol–water partition coefficient (Wildman–Crippen LogP) is 9.94. The molecule has 0 aromatic heterocycles. The van der Waals surface area contributed by atoms with Gasteiger partial charge < -0.3 is 14.4 Å². The van der Waals surface area contributed by atoms with Gasteiger partial charge in [-0.2, -0.15) is 0 Å². The third-order valence-corrected chi connectivity index (χ3v) is 8.09. The van der Waals surface area contributed by atoms with Crippen LogP contribution in [-0.2, 0) is 32.7 Å². The molecule has 0 radical (unpaired) electrons. The van der Waals surface area contributed by atoms with Crippen molar-refractivity contribution in [1.82, 2.24) is 0 Å². The lowest BCUT2D eigenvalue weighted by molar-refractivity contribution is -0.161. The summed E-state index contributed by atoms with van der Waals surface area (Å²) in [5.74, 6) is -0.828. The quantitative estimate of drug-likeness (QED) is 0.0349. The van der Waals surface area contributed by atoms with Crippen LogP contribution in [-0.4, -0.2) is 43.3 Å². The molecular weight excluding hydrogens is 567 g/mol. The number of carbonyl (C=O) groups is 2. The Labute approximate surface area is 263 Å². The van der Waals surface area contributed by atoms with Crippen molar-refractivity contribution >= 4 is 19.8 Å². The van der Waals surface area contributed by atoms with Gasteiger partial charge in [-0.05, 0) is 57.8 Å². The van der Waals surface area contributed by atoms with E-state index < -0.39 is 26.5 Å². The summed E-state index contributed by atoms with van der Waals surface area (Å²) in [6, 6.07) is 0. The van der Waals surface area contributed by atoms with Gasteiger partial charge >= 0.3 is 19.8 Å². The molecule has 0 aliphatic rings. The number of unbranched alkanes of at least 4 members (excludes halogenated alkanes) is 16. The van der Waals surface area contributed by atoms with Crippen LogP contribution in [0.25, 0.3) is 0 Å². The van der Waals surface area contributed by atoms with E-state index in [1.807, 2.05) is 0 Å². The molecule has 0 aromatic rings. The van der Waals surface area contributed by atoms with Crippen LogP contribution in [0.1, 0.15) is 155 Å². The number of allylic oxidation sites excluding steroid dienone is 4. The molecule has 0 amide bonds. The highest BCUT2D eigenvalue weighted by molar-refractivity contribution is 7.47. The van der Waals surface area contributed by atoms with Crippen molar-refractivity contribution in [3.63, 3.8) is 0 Å². The van der Waals surface area contributed by atoms with Crippen molar-refractivity contribution in [2.75, 3.05) is 20.3 Å². The first-order chi connectivity index (χ1) is 20.8. The molecular formula is C34H63O8P. The highest BCUT2D eigenvalue weighted by Crippen LogP contribution is 2.42. The lowest BCUT2D eigenvalue weighted by Gasteiger charge is -2.19. The van der Waals surface area contributed by atoms with E-state index in [0.29, 0.717) is 6.42 Å². The Morgan fingerprint density at radius 1 is 0.628 bits per heavy atom. The van der Waals surface area contributed by atoms with Gasteiger partial charge in [0.15, 0.2) is 6.10 Å². The number of esters is 2. The normalized spacial score (nSPS) is 13.9. The molecule has 43 heavy (non-hydrogen) atoms. The summed E-state index contributed by atoms with van der Waals surface area (Å²) < 4.78 is 31.7. The van der Waals surface area contributed by atoms with E-state index in [4.69, 9.17) is 14.0 Å². The van der Waals surface area contributed by atoms with Gasteiger partial charge in [0.1, 0.15) is 6.61 Å². The minimum absolute atomic E-state index is 0.232. The molecule has 0 bridgehead atoms. The number of phosphoric acid groups is 1. The fourth-order valence-electron chi connectivity index (χ4n) is 4.48. The maximum atomic E-state index is 12.4. The first-order valence-corrected chi connectivity index (χ1v) is 18.5. The number of hydrogen-bond donors (Lipinski definition) is 1. The molecule has 0 spiro atoms. The largest absolute Gasteiger partial charge is 0.472 e. The minimum Gasteiger partial charge on any atom is -0.462 e. The van der Waals surface area contributed by atoms with Crippen LogP contribution < -0.4 is 0 Å². The van der Waals surface area contributed by atoms with Crippen LogP contribution in [0.15, 0.2) is 24.3 Å². The van der Waals surface area contributed by atoms with Gasteiger partial charge in [0.2, 0.25) is 0 Å². The molecule has 0 aromatic carbocycles. The molecule has 9 heteroatoms. The molecule has 2 unspecified atom stereocenters. The van der Waals surface area contributed by atoms with Crippen molar-refractivity contribution in [1.29, 1.82) is 0 Å². The third kappa shape index (κ3) is 30.3. The van der Waals surface area contributed by atoms with Gasteiger partial charge in [0.25, 0.3) is 0 Å². The maximum Gasteiger partial charge on any atom is 0.472 e.